The molecule has 7 heavy (non-hydrogen) atoms. The zero-order chi connectivity index (χ0) is 6.08. The SMILES string of the molecule is C=C(Br)S(=O)(=O)F. The summed E-state index contributed by atoms with van der Waals surface area (Å²) < 4.78 is 29.7. The topological polar surface area (TPSA) is 34.1 Å². The Morgan fingerprint density at radius 2 is 1.86 bits per heavy atom. The molecule has 0 spiro atoms. The van der Waals surface area contributed by atoms with Crippen molar-refractivity contribution in [2.45, 2.75) is 0 Å². The van der Waals surface area contributed by atoms with Crippen molar-refractivity contribution in [1.29, 1.82) is 0 Å². The Morgan fingerprint density at radius 1 is 1.71 bits per heavy atom. The summed E-state index contributed by atoms with van der Waals surface area (Å²) in [7, 11) is -4.52. The van der Waals surface area contributed by atoms with Gasteiger partial charge in [-0.25, -0.2) is 0 Å². The van der Waals surface area contributed by atoms with Crippen LogP contribution in [0, 0.1) is 0 Å². The van der Waals surface area contributed by atoms with Crippen LogP contribution in [0.3, 0.4) is 0 Å². The van der Waals surface area contributed by atoms with E-state index in [-0.39, 0.29) is 0 Å². The second-order valence-electron chi connectivity index (χ2n) is 0.793. The van der Waals surface area contributed by atoms with Crippen molar-refractivity contribution in [2.75, 3.05) is 0 Å². The van der Waals surface area contributed by atoms with E-state index in [9.17, 15) is 12.3 Å². The maximum absolute atomic E-state index is 11.3. The first-order valence-electron chi connectivity index (χ1n) is 1.23. The molecule has 0 aliphatic rings. The molecule has 0 N–H and O–H groups in total. The van der Waals surface area contributed by atoms with Crippen molar-refractivity contribution >= 4 is 26.2 Å². The van der Waals surface area contributed by atoms with Crippen LogP contribution >= 0.6 is 15.9 Å². The minimum Gasteiger partial charge on any atom is -0.189 e. The third-order valence-electron chi connectivity index (χ3n) is 0.265. The van der Waals surface area contributed by atoms with E-state index in [1.807, 2.05) is 0 Å². The van der Waals surface area contributed by atoms with Gasteiger partial charge >= 0.3 is 10.2 Å². The Bertz CT molecular complexity index is 170. The summed E-state index contributed by atoms with van der Waals surface area (Å²) in [5.74, 6) is 0. The molecule has 0 heterocycles. The van der Waals surface area contributed by atoms with E-state index in [4.69, 9.17) is 0 Å². The number of rotatable bonds is 1. The van der Waals surface area contributed by atoms with E-state index in [0.29, 0.717) is 0 Å². The lowest BCUT2D eigenvalue weighted by Crippen LogP contribution is -1.84. The van der Waals surface area contributed by atoms with E-state index in [2.05, 4.69) is 22.5 Å². The van der Waals surface area contributed by atoms with Gasteiger partial charge in [0.25, 0.3) is 0 Å². The zero-order valence-corrected chi connectivity index (χ0v) is 5.59. The zero-order valence-electron chi connectivity index (χ0n) is 3.19. The van der Waals surface area contributed by atoms with Gasteiger partial charge in [0.05, 0.1) is 0 Å². The minimum absolute atomic E-state index is 0.639. The maximum Gasteiger partial charge on any atom is 0.338 e. The van der Waals surface area contributed by atoms with Gasteiger partial charge in [-0.3, -0.25) is 0 Å². The predicted molar refractivity (Wildman–Crippen MR) is 28.1 cm³/mol. The molecule has 0 aromatic rings. The highest BCUT2D eigenvalue weighted by atomic mass is 79.9. The Balaban J connectivity index is 4.43. The number of hydrogen-bond acceptors (Lipinski definition) is 2. The molecule has 42 valence electrons. The summed E-state index contributed by atoms with van der Waals surface area (Å²) in [6.07, 6.45) is 0. The van der Waals surface area contributed by atoms with Crippen LogP contribution in [-0.2, 0) is 10.2 Å². The van der Waals surface area contributed by atoms with Crippen molar-refractivity contribution in [2.24, 2.45) is 0 Å². The van der Waals surface area contributed by atoms with Crippen molar-refractivity contribution < 1.29 is 12.3 Å². The van der Waals surface area contributed by atoms with E-state index in [0.717, 1.165) is 0 Å². The smallest absolute Gasteiger partial charge is 0.189 e. The third-order valence-corrected chi connectivity index (χ3v) is 1.95. The fraction of sp³-hybridized carbons (Fsp3) is 0. The molecule has 0 aliphatic heterocycles. The van der Waals surface area contributed by atoms with E-state index < -0.39 is 14.0 Å². The molecule has 0 aromatic carbocycles. The summed E-state index contributed by atoms with van der Waals surface area (Å²) in [5, 5.41) is 0. The van der Waals surface area contributed by atoms with Crippen LogP contribution in [0.2, 0.25) is 0 Å². The van der Waals surface area contributed by atoms with Crippen LogP contribution < -0.4 is 0 Å². The molecule has 0 amide bonds. The summed E-state index contributed by atoms with van der Waals surface area (Å²) >= 11 is 2.34. The molecular weight excluding hydrogens is 187 g/mol. The van der Waals surface area contributed by atoms with Crippen LogP contribution in [0.1, 0.15) is 0 Å². The van der Waals surface area contributed by atoms with Gasteiger partial charge in [-0.05, 0) is 15.9 Å². The van der Waals surface area contributed by atoms with Gasteiger partial charge in [-0.2, -0.15) is 8.42 Å². The molecule has 0 rings (SSSR count). The molecule has 0 atom stereocenters. The van der Waals surface area contributed by atoms with Gasteiger partial charge in [0.2, 0.25) is 0 Å². The summed E-state index contributed by atoms with van der Waals surface area (Å²) in [6, 6.07) is 0. The highest BCUT2D eigenvalue weighted by Crippen LogP contribution is 2.11. The predicted octanol–water partition coefficient (Wildman–Crippen LogP) is 1.15. The Kier molecular flexibility index (Phi) is 1.94. The van der Waals surface area contributed by atoms with E-state index in [1.165, 1.54) is 0 Å². The molecule has 0 saturated heterocycles. The van der Waals surface area contributed by atoms with Crippen LogP contribution in [0.15, 0.2) is 10.4 Å². The lowest BCUT2D eigenvalue weighted by molar-refractivity contribution is 0.562. The van der Waals surface area contributed by atoms with E-state index >= 15 is 0 Å². The van der Waals surface area contributed by atoms with Crippen molar-refractivity contribution in [1.82, 2.24) is 0 Å². The second-order valence-corrected chi connectivity index (χ2v) is 3.64. The molecule has 0 radical (unpaired) electrons. The molecule has 0 unspecified atom stereocenters. The largest absolute Gasteiger partial charge is 0.338 e. The van der Waals surface area contributed by atoms with Crippen LogP contribution in [-0.4, -0.2) is 8.42 Å². The van der Waals surface area contributed by atoms with Crippen LogP contribution in [0.4, 0.5) is 3.89 Å². The molecule has 0 aromatic heterocycles. The van der Waals surface area contributed by atoms with Crippen molar-refractivity contribution in [3.8, 4) is 0 Å². The normalized spacial score (nSPS) is 11.1. The fourth-order valence-corrected chi connectivity index (χ4v) is 0. The van der Waals surface area contributed by atoms with Gasteiger partial charge in [0, 0.05) is 0 Å². The highest BCUT2D eigenvalue weighted by molar-refractivity contribution is 9.13. The van der Waals surface area contributed by atoms with Crippen molar-refractivity contribution in [3.63, 3.8) is 0 Å². The molecular formula is C2H2BrFO2S. The van der Waals surface area contributed by atoms with Gasteiger partial charge in [-0.15, -0.1) is 0 Å². The number of halogens is 2. The number of hydrogen-bond donors (Lipinski definition) is 0. The molecule has 0 saturated carbocycles. The summed E-state index contributed by atoms with van der Waals surface area (Å²) in [6.45, 7) is 2.78. The molecule has 0 bridgehead atoms. The fourth-order valence-electron chi connectivity index (χ4n) is 0. The monoisotopic (exact) mass is 188 g/mol. The van der Waals surface area contributed by atoms with Gasteiger partial charge in [0.1, 0.15) is 3.81 Å². The van der Waals surface area contributed by atoms with Gasteiger partial charge < -0.3 is 0 Å². The van der Waals surface area contributed by atoms with Crippen LogP contribution in [0.25, 0.3) is 0 Å². The first-order valence-corrected chi connectivity index (χ1v) is 3.41. The standard InChI is InChI=1S/C2H2BrFO2S/c1-2(3)7(4,5)6/h1H2. The second kappa shape index (κ2) is 1.92. The molecule has 0 fully saturated rings. The average molecular weight is 189 g/mol. The van der Waals surface area contributed by atoms with Gasteiger partial charge in [-0.1, -0.05) is 10.5 Å². The summed E-state index contributed by atoms with van der Waals surface area (Å²) in [5.41, 5.74) is 0. The first-order chi connectivity index (χ1) is 2.94. The maximum atomic E-state index is 11.3. The summed E-state index contributed by atoms with van der Waals surface area (Å²) in [4.78, 5) is 0. The quantitative estimate of drug-likeness (QED) is 0.579. The molecule has 5 heteroatoms. The lowest BCUT2D eigenvalue weighted by Gasteiger charge is -1.80. The third kappa shape index (κ3) is 2.76. The minimum atomic E-state index is -4.52. The molecule has 0 aliphatic carbocycles. The van der Waals surface area contributed by atoms with E-state index in [1.54, 1.807) is 0 Å². The average Bonchev–Trinajstić information content (AvgIpc) is 1.31. The Hall–Kier alpha value is 0.1000. The highest BCUT2D eigenvalue weighted by Gasteiger charge is 2.07. The Morgan fingerprint density at radius 3 is 1.86 bits per heavy atom. The lowest BCUT2D eigenvalue weighted by atomic mass is 11.3. The van der Waals surface area contributed by atoms with Gasteiger partial charge in [0.15, 0.2) is 0 Å². The van der Waals surface area contributed by atoms with Crippen molar-refractivity contribution in [3.05, 3.63) is 10.4 Å². The first kappa shape index (κ1) is 7.10. The molecule has 2 nitrogen and oxygen atoms in total. The van der Waals surface area contributed by atoms with Crippen LogP contribution in [0.5, 0.6) is 0 Å². The Labute approximate surface area is 49.4 Å².